The van der Waals surface area contributed by atoms with Crippen molar-refractivity contribution in [3.63, 3.8) is 0 Å². The molecule has 5 rings (SSSR count). The van der Waals surface area contributed by atoms with E-state index in [1.165, 1.54) is 5.56 Å². The Hall–Kier alpha value is -2.82. The molecule has 2 heterocycles. The Balaban J connectivity index is 1.74. The van der Waals surface area contributed by atoms with Crippen LogP contribution in [0.1, 0.15) is 38.8 Å². The smallest absolute Gasteiger partial charge is 0.399 e. The van der Waals surface area contributed by atoms with Crippen LogP contribution in [0, 0.1) is 0 Å². The van der Waals surface area contributed by atoms with E-state index in [2.05, 4.69) is 111 Å². The van der Waals surface area contributed by atoms with Gasteiger partial charge in [-0.1, -0.05) is 66.7 Å². The second-order valence-corrected chi connectivity index (χ2v) is 8.94. The minimum absolute atomic E-state index is 0.392. The molecule has 0 amide bonds. The van der Waals surface area contributed by atoms with Gasteiger partial charge in [0.05, 0.1) is 22.6 Å². The molecule has 3 aromatic carbocycles. The second kappa shape index (κ2) is 6.87. The summed E-state index contributed by atoms with van der Waals surface area (Å²) >= 11 is 0. The Labute approximate surface area is 179 Å². The highest BCUT2D eigenvalue weighted by atomic mass is 16.7. The summed E-state index contributed by atoms with van der Waals surface area (Å²) in [6.45, 7) is 8.38. The zero-order valence-corrected chi connectivity index (χ0v) is 17.9. The summed E-state index contributed by atoms with van der Waals surface area (Å²) in [7, 11) is -0.435. The summed E-state index contributed by atoms with van der Waals surface area (Å²) in [4.78, 5) is 2.32. The van der Waals surface area contributed by atoms with Crippen molar-refractivity contribution >= 4 is 41.8 Å². The molecule has 4 heteroatoms. The number of fused-ring (bicyclic) bond motifs is 2. The fourth-order valence-corrected chi connectivity index (χ4v) is 4.11. The number of rotatable bonds is 2. The van der Waals surface area contributed by atoms with E-state index in [0.717, 1.165) is 28.1 Å². The molecule has 1 fully saturated rings. The molecule has 0 N–H and O–H groups in total. The number of nitrogens with zero attached hydrogens (tertiary/aromatic N) is 1. The molecule has 0 aromatic heterocycles. The van der Waals surface area contributed by atoms with Crippen LogP contribution in [0.25, 0.3) is 12.2 Å². The maximum atomic E-state index is 6.46. The lowest BCUT2D eigenvalue weighted by Crippen LogP contribution is -2.41. The Morgan fingerprint density at radius 1 is 0.667 bits per heavy atom. The highest BCUT2D eigenvalue weighted by molar-refractivity contribution is 6.64. The molecule has 0 radical (unpaired) electrons. The van der Waals surface area contributed by atoms with Gasteiger partial charge >= 0.3 is 7.12 Å². The van der Waals surface area contributed by atoms with Gasteiger partial charge in [0.1, 0.15) is 0 Å². The number of benzene rings is 3. The summed E-state index contributed by atoms with van der Waals surface area (Å²) < 4.78 is 12.9. The van der Waals surface area contributed by atoms with E-state index in [4.69, 9.17) is 9.31 Å². The van der Waals surface area contributed by atoms with Gasteiger partial charge in [-0.15, -0.1) is 0 Å². The fourth-order valence-electron chi connectivity index (χ4n) is 4.11. The highest BCUT2D eigenvalue weighted by Crippen LogP contribution is 2.43. The average Bonchev–Trinajstić information content (AvgIpc) is 2.87. The van der Waals surface area contributed by atoms with Gasteiger partial charge in [0.25, 0.3) is 0 Å². The third kappa shape index (κ3) is 2.99. The molecule has 0 saturated carbocycles. The van der Waals surface area contributed by atoms with Crippen LogP contribution >= 0.6 is 0 Å². The first kappa shape index (κ1) is 19.2. The zero-order chi connectivity index (χ0) is 20.9. The quantitative estimate of drug-likeness (QED) is 0.392. The predicted octanol–water partition coefficient (Wildman–Crippen LogP) is 5.94. The van der Waals surface area contributed by atoms with Crippen molar-refractivity contribution in [1.29, 1.82) is 0 Å². The first-order chi connectivity index (χ1) is 14.4. The van der Waals surface area contributed by atoms with E-state index in [0.29, 0.717) is 0 Å². The van der Waals surface area contributed by atoms with Crippen LogP contribution < -0.4 is 10.4 Å². The van der Waals surface area contributed by atoms with E-state index in [-0.39, 0.29) is 0 Å². The van der Waals surface area contributed by atoms with Gasteiger partial charge in [-0.25, -0.2) is 0 Å². The van der Waals surface area contributed by atoms with Crippen molar-refractivity contribution in [3.8, 4) is 0 Å². The second-order valence-electron chi connectivity index (χ2n) is 8.94. The summed E-state index contributed by atoms with van der Waals surface area (Å²) in [5, 5.41) is 0. The molecule has 30 heavy (non-hydrogen) atoms. The first-order valence-corrected chi connectivity index (χ1v) is 10.5. The zero-order valence-electron chi connectivity index (χ0n) is 17.9. The van der Waals surface area contributed by atoms with Gasteiger partial charge in [0, 0.05) is 11.2 Å². The predicted molar refractivity (Wildman–Crippen MR) is 126 cm³/mol. The Morgan fingerprint density at radius 2 is 1.27 bits per heavy atom. The topological polar surface area (TPSA) is 21.7 Å². The Morgan fingerprint density at radius 3 is 2.00 bits per heavy atom. The maximum Gasteiger partial charge on any atom is 0.497 e. The molecule has 3 nitrogen and oxygen atoms in total. The van der Waals surface area contributed by atoms with Gasteiger partial charge in [0.2, 0.25) is 0 Å². The number of hydrogen-bond donors (Lipinski definition) is 0. The van der Waals surface area contributed by atoms with Crippen LogP contribution in [0.2, 0.25) is 0 Å². The molecular formula is C26H26BNO2. The SMILES string of the molecule is CC1(C)OB(c2cccc3c2N(c2ccccc2)c2ccccc2C=C3)OC1(C)C. The summed E-state index contributed by atoms with van der Waals surface area (Å²) in [6, 6.07) is 25.4. The monoisotopic (exact) mass is 395 g/mol. The van der Waals surface area contributed by atoms with E-state index >= 15 is 0 Å². The minimum atomic E-state index is -0.435. The molecule has 2 aliphatic heterocycles. The minimum Gasteiger partial charge on any atom is -0.399 e. The van der Waals surface area contributed by atoms with E-state index in [1.54, 1.807) is 0 Å². The van der Waals surface area contributed by atoms with Crippen molar-refractivity contribution in [2.24, 2.45) is 0 Å². The van der Waals surface area contributed by atoms with Gasteiger partial charge in [-0.05, 0) is 57.0 Å². The van der Waals surface area contributed by atoms with Crippen LogP contribution in [-0.2, 0) is 9.31 Å². The molecule has 3 aromatic rings. The van der Waals surface area contributed by atoms with E-state index in [1.807, 2.05) is 6.07 Å². The molecule has 0 bridgehead atoms. The molecule has 0 aliphatic carbocycles. The third-order valence-corrected chi connectivity index (χ3v) is 6.46. The van der Waals surface area contributed by atoms with Crippen molar-refractivity contribution in [1.82, 2.24) is 0 Å². The van der Waals surface area contributed by atoms with Crippen molar-refractivity contribution in [3.05, 3.63) is 83.9 Å². The fraction of sp³-hybridized carbons (Fsp3) is 0.231. The first-order valence-electron chi connectivity index (χ1n) is 10.5. The van der Waals surface area contributed by atoms with Crippen LogP contribution in [-0.4, -0.2) is 18.3 Å². The summed E-state index contributed by atoms with van der Waals surface area (Å²) in [6.07, 6.45) is 4.37. The lowest BCUT2D eigenvalue weighted by molar-refractivity contribution is 0.00578. The largest absolute Gasteiger partial charge is 0.497 e. The standard InChI is InChI=1S/C26H26BNO2/c1-25(2)26(3,4)30-27(29-25)22-15-10-12-20-18-17-19-11-8-9-16-23(19)28(24(20)22)21-13-6-5-7-14-21/h5-18H,1-4H3. The van der Waals surface area contributed by atoms with Crippen LogP contribution in [0.5, 0.6) is 0 Å². The normalized spacial score (nSPS) is 18.7. The molecule has 0 unspecified atom stereocenters. The maximum absolute atomic E-state index is 6.46. The van der Waals surface area contributed by atoms with Gasteiger partial charge in [-0.2, -0.15) is 0 Å². The van der Waals surface area contributed by atoms with Crippen molar-refractivity contribution < 1.29 is 9.31 Å². The third-order valence-electron chi connectivity index (χ3n) is 6.46. The Kier molecular flexibility index (Phi) is 4.39. The van der Waals surface area contributed by atoms with Crippen molar-refractivity contribution in [2.75, 3.05) is 4.90 Å². The summed E-state index contributed by atoms with van der Waals surface area (Å²) in [5.74, 6) is 0. The van der Waals surface area contributed by atoms with Gasteiger partial charge in [0.15, 0.2) is 0 Å². The molecule has 1 saturated heterocycles. The van der Waals surface area contributed by atoms with Crippen molar-refractivity contribution in [2.45, 2.75) is 38.9 Å². The van der Waals surface area contributed by atoms with E-state index < -0.39 is 18.3 Å². The number of para-hydroxylation sites is 3. The highest BCUT2D eigenvalue weighted by Gasteiger charge is 2.52. The van der Waals surface area contributed by atoms with Gasteiger partial charge in [-0.3, -0.25) is 0 Å². The molecular weight excluding hydrogens is 369 g/mol. The lowest BCUT2D eigenvalue weighted by Gasteiger charge is -2.32. The van der Waals surface area contributed by atoms with Crippen LogP contribution in [0.15, 0.2) is 72.8 Å². The number of anilines is 3. The molecule has 0 atom stereocenters. The van der Waals surface area contributed by atoms with Crippen LogP contribution in [0.4, 0.5) is 17.1 Å². The average molecular weight is 395 g/mol. The van der Waals surface area contributed by atoms with Gasteiger partial charge < -0.3 is 14.2 Å². The molecule has 150 valence electrons. The van der Waals surface area contributed by atoms with E-state index in [9.17, 15) is 0 Å². The van der Waals surface area contributed by atoms with Crippen LogP contribution in [0.3, 0.4) is 0 Å². The Bertz CT molecular complexity index is 1100. The molecule has 0 spiro atoms. The number of hydrogen-bond acceptors (Lipinski definition) is 3. The lowest BCUT2D eigenvalue weighted by atomic mass is 9.76. The summed E-state index contributed by atoms with van der Waals surface area (Å²) in [5.41, 5.74) is 5.92. The molecule has 2 aliphatic rings.